The molecule has 2 atom stereocenters. The van der Waals surface area contributed by atoms with Gasteiger partial charge in [0.25, 0.3) is 0 Å². The van der Waals surface area contributed by atoms with Crippen molar-refractivity contribution in [1.82, 2.24) is 19.7 Å². The molecule has 0 unspecified atom stereocenters. The van der Waals surface area contributed by atoms with Crippen LogP contribution in [0.25, 0.3) is 10.9 Å². The van der Waals surface area contributed by atoms with Crippen LogP contribution in [0.5, 0.6) is 0 Å². The van der Waals surface area contributed by atoms with E-state index in [1.54, 1.807) is 17.1 Å². The van der Waals surface area contributed by atoms with Gasteiger partial charge >= 0.3 is 0 Å². The summed E-state index contributed by atoms with van der Waals surface area (Å²) < 4.78 is 1.73. The number of carbonyl (C=O) groups is 1. The molecule has 2 aromatic heterocycles. The highest BCUT2D eigenvalue weighted by molar-refractivity contribution is 5.87. The Bertz CT molecular complexity index is 1080. The highest BCUT2D eigenvalue weighted by atomic mass is 16.1. The van der Waals surface area contributed by atoms with Crippen LogP contribution in [-0.2, 0) is 18.3 Å². The predicted molar refractivity (Wildman–Crippen MR) is 111 cm³/mol. The summed E-state index contributed by atoms with van der Waals surface area (Å²) >= 11 is 0. The SMILES string of the molecule is C[C@@H]1C[C@H](c2ccc(C#N)c3ncccc23)CN(CC(=O)Cc2cnn(C)c2)C1. The minimum absolute atomic E-state index is 0.220. The second kappa shape index (κ2) is 8.14. The average molecular weight is 387 g/mol. The van der Waals surface area contributed by atoms with Gasteiger partial charge in [-0.2, -0.15) is 10.4 Å². The molecule has 0 spiro atoms. The van der Waals surface area contributed by atoms with Crippen molar-refractivity contribution in [3.05, 3.63) is 59.5 Å². The second-order valence-corrected chi connectivity index (χ2v) is 8.18. The summed E-state index contributed by atoms with van der Waals surface area (Å²) in [5, 5.41) is 14.6. The van der Waals surface area contributed by atoms with Gasteiger partial charge in [-0.25, -0.2) is 0 Å². The third-order valence-corrected chi connectivity index (χ3v) is 5.66. The summed E-state index contributed by atoms with van der Waals surface area (Å²) in [5.41, 5.74) is 3.56. The van der Waals surface area contributed by atoms with E-state index >= 15 is 0 Å². The number of nitrogens with zero attached hydrogens (tertiary/aromatic N) is 5. The van der Waals surface area contributed by atoms with Crippen molar-refractivity contribution >= 4 is 16.7 Å². The molecule has 1 saturated heterocycles. The third kappa shape index (κ3) is 4.20. The molecule has 0 amide bonds. The molecule has 4 rings (SSSR count). The number of benzene rings is 1. The van der Waals surface area contributed by atoms with E-state index in [4.69, 9.17) is 0 Å². The van der Waals surface area contributed by atoms with Crippen LogP contribution in [0.15, 0.2) is 42.9 Å². The van der Waals surface area contributed by atoms with Crippen molar-refractivity contribution in [3.8, 4) is 6.07 Å². The van der Waals surface area contributed by atoms with Crippen molar-refractivity contribution < 1.29 is 4.79 Å². The minimum atomic E-state index is 0.220. The lowest BCUT2D eigenvalue weighted by Gasteiger charge is -2.36. The first kappa shape index (κ1) is 19.3. The van der Waals surface area contributed by atoms with E-state index < -0.39 is 0 Å². The van der Waals surface area contributed by atoms with E-state index in [1.165, 1.54) is 5.56 Å². The van der Waals surface area contributed by atoms with E-state index in [0.29, 0.717) is 30.4 Å². The lowest BCUT2D eigenvalue weighted by molar-refractivity contribution is -0.120. The molecular weight excluding hydrogens is 362 g/mol. The van der Waals surface area contributed by atoms with Crippen molar-refractivity contribution in [2.45, 2.75) is 25.7 Å². The second-order valence-electron chi connectivity index (χ2n) is 8.18. The quantitative estimate of drug-likeness (QED) is 0.673. The largest absolute Gasteiger partial charge is 0.298 e. The van der Waals surface area contributed by atoms with Crippen LogP contribution in [0.1, 0.15) is 36.0 Å². The molecule has 1 aliphatic heterocycles. The molecule has 0 bridgehead atoms. The van der Waals surface area contributed by atoms with Gasteiger partial charge in [-0.3, -0.25) is 19.4 Å². The van der Waals surface area contributed by atoms with Gasteiger partial charge in [-0.15, -0.1) is 0 Å². The van der Waals surface area contributed by atoms with E-state index in [-0.39, 0.29) is 5.78 Å². The van der Waals surface area contributed by atoms with Crippen LogP contribution in [0.4, 0.5) is 0 Å². The Hall–Kier alpha value is -3.04. The highest BCUT2D eigenvalue weighted by Crippen LogP contribution is 2.34. The van der Waals surface area contributed by atoms with Crippen molar-refractivity contribution in [3.63, 3.8) is 0 Å². The summed E-state index contributed by atoms with van der Waals surface area (Å²) in [6.45, 7) is 4.48. The number of rotatable bonds is 5. The molecule has 3 aromatic rings. The molecule has 1 aromatic carbocycles. The topological polar surface area (TPSA) is 74.8 Å². The Kier molecular flexibility index (Phi) is 5.41. The van der Waals surface area contributed by atoms with Crippen LogP contribution in [-0.4, -0.2) is 45.1 Å². The number of ketones is 1. The molecule has 0 aliphatic carbocycles. The minimum Gasteiger partial charge on any atom is -0.298 e. The molecule has 0 radical (unpaired) electrons. The fourth-order valence-corrected chi connectivity index (χ4v) is 4.55. The summed E-state index contributed by atoms with van der Waals surface area (Å²) in [7, 11) is 1.86. The van der Waals surface area contributed by atoms with E-state index in [2.05, 4.69) is 40.1 Å². The van der Waals surface area contributed by atoms with Crippen molar-refractivity contribution in [2.75, 3.05) is 19.6 Å². The van der Waals surface area contributed by atoms with Crippen molar-refractivity contribution in [1.29, 1.82) is 5.26 Å². The zero-order valence-electron chi connectivity index (χ0n) is 16.9. The van der Waals surface area contributed by atoms with Gasteiger partial charge in [-0.1, -0.05) is 19.1 Å². The maximum Gasteiger partial charge on any atom is 0.151 e. The molecule has 148 valence electrons. The fraction of sp³-hybridized carbons (Fsp3) is 0.391. The first-order valence-electron chi connectivity index (χ1n) is 10.0. The number of pyridine rings is 1. The summed E-state index contributed by atoms with van der Waals surface area (Å²) in [5.74, 6) is 1.05. The number of hydrogen-bond acceptors (Lipinski definition) is 5. The van der Waals surface area contributed by atoms with Crippen LogP contribution >= 0.6 is 0 Å². The van der Waals surface area contributed by atoms with E-state index in [0.717, 1.165) is 36.0 Å². The molecule has 6 nitrogen and oxygen atoms in total. The number of Topliss-reactive ketones (excluding diaryl/α,β-unsaturated/α-hetero) is 1. The van der Waals surface area contributed by atoms with Crippen molar-refractivity contribution in [2.24, 2.45) is 13.0 Å². The number of hydrogen-bond donors (Lipinski definition) is 0. The Balaban J connectivity index is 1.53. The first-order chi connectivity index (χ1) is 14.0. The van der Waals surface area contributed by atoms with Crippen LogP contribution in [0.3, 0.4) is 0 Å². The van der Waals surface area contributed by atoms with Gasteiger partial charge in [0.2, 0.25) is 0 Å². The monoisotopic (exact) mass is 387 g/mol. The zero-order chi connectivity index (χ0) is 20.4. The number of likely N-dealkylation sites (tertiary alicyclic amines) is 1. The maximum atomic E-state index is 12.6. The normalized spacial score (nSPS) is 19.9. The number of nitriles is 1. The molecule has 0 N–H and O–H groups in total. The number of piperidine rings is 1. The molecule has 29 heavy (non-hydrogen) atoms. The Labute approximate surface area is 170 Å². The third-order valence-electron chi connectivity index (χ3n) is 5.66. The smallest absolute Gasteiger partial charge is 0.151 e. The van der Waals surface area contributed by atoms with Gasteiger partial charge in [0.05, 0.1) is 23.8 Å². The molecular formula is C23H25N5O. The van der Waals surface area contributed by atoms with E-state index in [1.807, 2.05) is 25.4 Å². The van der Waals surface area contributed by atoms with Gasteiger partial charge in [0.15, 0.2) is 5.78 Å². The van der Waals surface area contributed by atoms with Crippen LogP contribution < -0.4 is 0 Å². The molecule has 1 fully saturated rings. The number of fused-ring (bicyclic) bond motifs is 1. The van der Waals surface area contributed by atoms with Gasteiger partial charge in [0.1, 0.15) is 6.07 Å². The maximum absolute atomic E-state index is 12.6. The first-order valence-corrected chi connectivity index (χ1v) is 10.0. The molecule has 3 heterocycles. The lowest BCUT2D eigenvalue weighted by atomic mass is 9.83. The highest BCUT2D eigenvalue weighted by Gasteiger charge is 2.28. The summed E-state index contributed by atoms with van der Waals surface area (Å²) in [4.78, 5) is 19.3. The molecule has 6 heteroatoms. The standard InChI is InChI=1S/C23H25N5O/c1-16-8-19(21-6-5-18(10-24)23-22(21)4-3-7-25-23)14-28(12-16)15-20(29)9-17-11-26-27(2)13-17/h3-7,11,13,16,19H,8-9,12,14-15H2,1-2H3/t16-,19+/m1/s1. The molecule has 0 saturated carbocycles. The van der Waals surface area contributed by atoms with Crippen LogP contribution in [0.2, 0.25) is 0 Å². The Morgan fingerprint density at radius 1 is 1.31 bits per heavy atom. The summed E-state index contributed by atoms with van der Waals surface area (Å²) in [6, 6.07) is 10.2. The van der Waals surface area contributed by atoms with Crippen LogP contribution in [0, 0.1) is 17.2 Å². The Morgan fingerprint density at radius 3 is 2.93 bits per heavy atom. The predicted octanol–water partition coefficient (Wildman–Crippen LogP) is 3.08. The van der Waals surface area contributed by atoms with Gasteiger partial charge in [0, 0.05) is 44.3 Å². The number of aromatic nitrogens is 3. The zero-order valence-corrected chi connectivity index (χ0v) is 16.9. The van der Waals surface area contributed by atoms with E-state index in [9.17, 15) is 10.1 Å². The Morgan fingerprint density at radius 2 is 2.17 bits per heavy atom. The van der Waals surface area contributed by atoms with Gasteiger partial charge < -0.3 is 0 Å². The number of aryl methyl sites for hydroxylation is 1. The number of carbonyl (C=O) groups excluding carboxylic acids is 1. The van der Waals surface area contributed by atoms with Gasteiger partial charge in [-0.05, 0) is 41.5 Å². The molecule has 1 aliphatic rings. The fourth-order valence-electron chi connectivity index (χ4n) is 4.55. The summed E-state index contributed by atoms with van der Waals surface area (Å²) in [6.07, 6.45) is 6.89. The average Bonchev–Trinajstić information content (AvgIpc) is 3.11. The lowest BCUT2D eigenvalue weighted by Crippen LogP contribution is -2.41.